The fourth-order valence-electron chi connectivity index (χ4n) is 9.64. The minimum absolute atomic E-state index is 0.146. The van der Waals surface area contributed by atoms with Crippen LogP contribution in [0.15, 0.2) is 0 Å². The summed E-state index contributed by atoms with van der Waals surface area (Å²) in [5.74, 6) is -1.65. The molecule has 82 heavy (non-hydrogen) atoms. The van der Waals surface area contributed by atoms with Crippen LogP contribution in [0, 0.1) is 0 Å². The maximum Gasteiger partial charge on any atom is 0.307 e. The van der Waals surface area contributed by atoms with Gasteiger partial charge in [-0.1, -0.05) is 231 Å². The van der Waals surface area contributed by atoms with Crippen molar-refractivity contribution in [3.8, 4) is 0 Å². The molecule has 2 amide bonds. The number of carbonyl (C=O) groups excluding carboxylic acids is 8. The third-order valence-corrected chi connectivity index (χ3v) is 16.7. The van der Waals surface area contributed by atoms with Gasteiger partial charge < -0.3 is 39.4 Å². The van der Waals surface area contributed by atoms with Crippen LogP contribution >= 0.6 is 23.5 Å². The molecule has 1 heterocycles. The highest BCUT2D eigenvalue weighted by Gasteiger charge is 2.36. The van der Waals surface area contributed by atoms with Crippen LogP contribution in [-0.2, 0) is 57.3 Å². The summed E-state index contributed by atoms with van der Waals surface area (Å²) < 4.78 is 22.1. The van der Waals surface area contributed by atoms with Gasteiger partial charge in [-0.3, -0.25) is 38.4 Å². The van der Waals surface area contributed by atoms with E-state index in [0.29, 0.717) is 77.2 Å². The highest BCUT2D eigenvalue weighted by atomic mass is 32.2. The van der Waals surface area contributed by atoms with Gasteiger partial charge in [-0.15, -0.1) is 0 Å². The second-order valence-corrected chi connectivity index (χ2v) is 24.7. The molecule has 0 spiro atoms. The molecular formula is C64H116N4O12S2. The van der Waals surface area contributed by atoms with Gasteiger partial charge in [-0.05, 0) is 25.7 Å². The Bertz CT molecular complexity index is 1480. The van der Waals surface area contributed by atoms with Gasteiger partial charge in [0.2, 0.25) is 11.8 Å². The molecule has 0 aromatic rings. The standard InChI is InChI=1S/C64H116N4O12S2/c1-5-9-13-17-21-25-29-33-47-77-57(69)37-41-67(42-38-58(70)78-48-34-30-26-22-18-14-10-6-2)45-51-81-61(73)53-55-63(75)66-56(64(76)65-55)54-62(74)82-52-46-68(43-39-59(71)79-49-35-31-27-23-19-15-11-7-3)44-40-60(72)80-50-36-32-28-24-20-16-12-8-4/h55-56H,5-54H2,1-4H3,(H,65,76)(H,66,75). The lowest BCUT2D eigenvalue weighted by Crippen LogP contribution is -2.62. The van der Waals surface area contributed by atoms with E-state index >= 15 is 0 Å². The van der Waals surface area contributed by atoms with Crippen LogP contribution in [0.5, 0.6) is 0 Å². The molecule has 1 rings (SSSR count). The Morgan fingerprint density at radius 2 is 0.561 bits per heavy atom. The number of carbonyl (C=O) groups is 8. The number of hydrogen-bond acceptors (Lipinski definition) is 16. The van der Waals surface area contributed by atoms with Gasteiger partial charge in [0.25, 0.3) is 0 Å². The molecule has 1 saturated heterocycles. The predicted octanol–water partition coefficient (Wildman–Crippen LogP) is 13.2. The van der Waals surface area contributed by atoms with Crippen molar-refractivity contribution in [1.29, 1.82) is 0 Å². The second-order valence-electron chi connectivity index (χ2n) is 22.4. The van der Waals surface area contributed by atoms with E-state index in [0.717, 1.165) is 101 Å². The monoisotopic (exact) mass is 1200 g/mol. The summed E-state index contributed by atoms with van der Waals surface area (Å²) in [6.45, 7) is 12.5. The van der Waals surface area contributed by atoms with E-state index in [9.17, 15) is 38.4 Å². The SMILES string of the molecule is CCCCCCCCCCOC(=O)CCN(CCSC(=O)CC1NC(=O)C(CC(=O)SCCN(CCC(=O)OCCCCCCCCCC)CCC(=O)OCCCCCCCCCC)NC1=O)CCC(=O)OCCCCCCCCCC. The van der Waals surface area contributed by atoms with Gasteiger partial charge in [0, 0.05) is 63.6 Å². The van der Waals surface area contributed by atoms with Crippen molar-refractivity contribution in [2.24, 2.45) is 0 Å². The first-order valence-electron chi connectivity index (χ1n) is 32.9. The van der Waals surface area contributed by atoms with Gasteiger partial charge in [0.15, 0.2) is 10.2 Å². The number of unbranched alkanes of at least 4 members (excludes halogenated alkanes) is 28. The number of ether oxygens (including phenoxy) is 4. The van der Waals surface area contributed by atoms with E-state index in [1.54, 1.807) is 0 Å². The molecule has 0 aliphatic carbocycles. The summed E-state index contributed by atoms with van der Waals surface area (Å²) in [5.41, 5.74) is 0. The first-order valence-corrected chi connectivity index (χ1v) is 34.9. The molecule has 18 heteroatoms. The summed E-state index contributed by atoms with van der Waals surface area (Å²) >= 11 is 2.03. The van der Waals surface area contributed by atoms with Gasteiger partial charge in [-0.25, -0.2) is 0 Å². The van der Waals surface area contributed by atoms with Crippen molar-refractivity contribution in [2.75, 3.05) is 77.2 Å². The zero-order valence-corrected chi connectivity index (χ0v) is 53.8. The van der Waals surface area contributed by atoms with Crippen molar-refractivity contribution < 1.29 is 57.3 Å². The maximum absolute atomic E-state index is 13.2. The summed E-state index contributed by atoms with van der Waals surface area (Å²) in [5, 5.41) is 4.65. The molecule has 1 aliphatic heterocycles. The Hall–Kier alpha value is -3.22. The molecule has 0 aromatic carbocycles. The normalized spacial score (nSPS) is 14.2. The number of nitrogens with one attached hydrogen (secondary N) is 2. The van der Waals surface area contributed by atoms with Crippen LogP contribution in [0.2, 0.25) is 0 Å². The highest BCUT2D eigenvalue weighted by molar-refractivity contribution is 8.13. The van der Waals surface area contributed by atoms with Crippen LogP contribution in [0.4, 0.5) is 0 Å². The molecule has 1 aliphatic rings. The average molecular weight is 1200 g/mol. The van der Waals surface area contributed by atoms with Crippen LogP contribution < -0.4 is 10.6 Å². The van der Waals surface area contributed by atoms with E-state index in [-0.39, 0.29) is 72.6 Å². The zero-order valence-electron chi connectivity index (χ0n) is 52.1. The van der Waals surface area contributed by atoms with Gasteiger partial charge in [0.05, 0.1) is 52.1 Å². The fourth-order valence-corrected chi connectivity index (χ4v) is 11.4. The summed E-state index contributed by atoms with van der Waals surface area (Å²) in [4.78, 5) is 107. The molecule has 476 valence electrons. The third-order valence-electron chi connectivity index (χ3n) is 14.9. The lowest BCUT2D eigenvalue weighted by atomic mass is 10.1. The Morgan fingerprint density at radius 1 is 0.341 bits per heavy atom. The van der Waals surface area contributed by atoms with Crippen molar-refractivity contribution >= 4 is 69.4 Å². The molecule has 16 nitrogen and oxygen atoms in total. The number of thioether (sulfide) groups is 2. The first-order chi connectivity index (χ1) is 39.9. The van der Waals surface area contributed by atoms with Gasteiger partial charge >= 0.3 is 23.9 Å². The predicted molar refractivity (Wildman–Crippen MR) is 334 cm³/mol. The van der Waals surface area contributed by atoms with E-state index in [1.807, 2.05) is 9.80 Å². The molecule has 0 bridgehead atoms. The average Bonchev–Trinajstić information content (AvgIpc) is 3.60. The summed E-state index contributed by atoms with van der Waals surface area (Å²) in [6.07, 6.45) is 36.8. The van der Waals surface area contributed by atoms with Crippen molar-refractivity contribution in [1.82, 2.24) is 20.4 Å². The van der Waals surface area contributed by atoms with Crippen molar-refractivity contribution in [2.45, 2.75) is 284 Å². The minimum atomic E-state index is -1.10. The van der Waals surface area contributed by atoms with E-state index in [4.69, 9.17) is 18.9 Å². The second kappa shape index (κ2) is 55.6. The Labute approximate surface area is 505 Å². The molecule has 2 unspecified atom stereocenters. The van der Waals surface area contributed by atoms with E-state index in [1.165, 1.54) is 128 Å². The first kappa shape index (κ1) is 76.8. The largest absolute Gasteiger partial charge is 0.466 e. The molecule has 2 N–H and O–H groups in total. The number of hydrogen-bond donors (Lipinski definition) is 2. The van der Waals surface area contributed by atoms with Gasteiger partial charge in [0.1, 0.15) is 12.1 Å². The third kappa shape index (κ3) is 47.1. The number of piperazine rings is 1. The van der Waals surface area contributed by atoms with E-state index in [2.05, 4.69) is 38.3 Å². The smallest absolute Gasteiger partial charge is 0.307 e. The van der Waals surface area contributed by atoms with Crippen LogP contribution in [0.25, 0.3) is 0 Å². The summed E-state index contributed by atoms with van der Waals surface area (Å²) in [7, 11) is 0. The number of rotatable bonds is 58. The van der Waals surface area contributed by atoms with Crippen LogP contribution in [0.3, 0.4) is 0 Å². The fraction of sp³-hybridized carbons (Fsp3) is 0.875. The summed E-state index contributed by atoms with van der Waals surface area (Å²) in [6, 6.07) is -2.19. The van der Waals surface area contributed by atoms with Crippen LogP contribution in [-0.4, -0.2) is 145 Å². The Morgan fingerprint density at radius 3 is 0.793 bits per heavy atom. The number of nitrogens with zero attached hydrogens (tertiary/aromatic N) is 2. The zero-order chi connectivity index (χ0) is 59.9. The number of esters is 4. The Balaban J connectivity index is 2.65. The van der Waals surface area contributed by atoms with Crippen molar-refractivity contribution in [3.05, 3.63) is 0 Å². The molecule has 0 saturated carbocycles. The van der Waals surface area contributed by atoms with Crippen LogP contribution in [0.1, 0.15) is 272 Å². The molecular weight excluding hydrogens is 1080 g/mol. The molecule has 0 aromatic heterocycles. The minimum Gasteiger partial charge on any atom is -0.466 e. The Kier molecular flexibility index (Phi) is 52.1. The topological polar surface area (TPSA) is 204 Å². The van der Waals surface area contributed by atoms with E-state index < -0.39 is 23.9 Å². The van der Waals surface area contributed by atoms with Gasteiger partial charge in [-0.2, -0.15) is 0 Å². The molecule has 0 radical (unpaired) electrons. The maximum atomic E-state index is 13.2. The molecule has 2 atom stereocenters. The highest BCUT2D eigenvalue weighted by Crippen LogP contribution is 2.17. The lowest BCUT2D eigenvalue weighted by molar-refractivity contribution is -0.146. The lowest BCUT2D eigenvalue weighted by Gasteiger charge is -2.29. The quantitative estimate of drug-likeness (QED) is 0.0330. The molecule has 1 fully saturated rings. The van der Waals surface area contributed by atoms with Crippen molar-refractivity contribution in [3.63, 3.8) is 0 Å². The number of amides is 2.